The first-order chi connectivity index (χ1) is 10.9. The van der Waals surface area contributed by atoms with E-state index in [0.29, 0.717) is 26.3 Å². The van der Waals surface area contributed by atoms with E-state index < -0.39 is 15.9 Å². The van der Waals surface area contributed by atoms with Gasteiger partial charge in [-0.1, -0.05) is 0 Å². The summed E-state index contributed by atoms with van der Waals surface area (Å²) in [6.07, 6.45) is 1.38. The predicted octanol–water partition coefficient (Wildman–Crippen LogP) is 0.802. The number of aromatic nitrogens is 2. The smallest absolute Gasteiger partial charge is 0.314 e. The van der Waals surface area contributed by atoms with E-state index in [1.165, 1.54) is 16.6 Å². The number of morpholine rings is 1. The van der Waals surface area contributed by atoms with Gasteiger partial charge in [0.1, 0.15) is 4.90 Å². The number of aryl methyl sites for hydroxylation is 1. The lowest BCUT2D eigenvalue weighted by Crippen LogP contribution is -2.41. The second-order valence-electron chi connectivity index (χ2n) is 5.21. The van der Waals surface area contributed by atoms with Gasteiger partial charge in [0.25, 0.3) is 0 Å². The van der Waals surface area contributed by atoms with Gasteiger partial charge in [0.05, 0.1) is 30.9 Å². The first kappa shape index (κ1) is 15.9. The molecular formula is C14H17N3O5S. The summed E-state index contributed by atoms with van der Waals surface area (Å²) in [4.78, 5) is 12.4. The third kappa shape index (κ3) is 2.71. The molecule has 0 atom stereocenters. The van der Waals surface area contributed by atoms with Gasteiger partial charge in [-0.3, -0.25) is 4.79 Å². The molecule has 1 aliphatic heterocycles. The van der Waals surface area contributed by atoms with Crippen molar-refractivity contribution in [2.45, 2.75) is 18.7 Å². The highest BCUT2D eigenvalue weighted by molar-refractivity contribution is 7.89. The third-order valence-corrected chi connectivity index (χ3v) is 5.87. The number of carbonyl (C=O) groups excluding carboxylic acids is 1. The van der Waals surface area contributed by atoms with E-state index >= 15 is 0 Å². The van der Waals surface area contributed by atoms with Gasteiger partial charge in [0.2, 0.25) is 10.0 Å². The molecule has 9 heteroatoms. The summed E-state index contributed by atoms with van der Waals surface area (Å²) < 4.78 is 38.4. The van der Waals surface area contributed by atoms with Crippen molar-refractivity contribution in [1.29, 1.82) is 0 Å². The van der Waals surface area contributed by atoms with Crippen LogP contribution in [0.15, 0.2) is 27.7 Å². The first-order valence-corrected chi connectivity index (χ1v) is 8.59. The van der Waals surface area contributed by atoms with E-state index in [4.69, 9.17) is 9.15 Å². The second-order valence-corrected chi connectivity index (χ2v) is 7.09. The molecule has 0 saturated carbocycles. The summed E-state index contributed by atoms with van der Waals surface area (Å²) in [5.74, 6) is -0.398. The molecule has 2 aromatic heterocycles. The summed E-state index contributed by atoms with van der Waals surface area (Å²) in [6.45, 7) is 4.44. The molecule has 0 N–H and O–H groups in total. The van der Waals surface area contributed by atoms with Crippen LogP contribution in [-0.4, -0.2) is 54.7 Å². The van der Waals surface area contributed by atoms with Crippen LogP contribution in [0.3, 0.4) is 0 Å². The molecule has 8 nitrogen and oxygen atoms in total. The highest BCUT2D eigenvalue weighted by Gasteiger charge is 2.33. The number of rotatable bonds is 3. The number of nitrogens with zero attached hydrogens (tertiary/aromatic N) is 3. The van der Waals surface area contributed by atoms with Crippen molar-refractivity contribution in [3.05, 3.63) is 35.5 Å². The van der Waals surface area contributed by atoms with Crippen molar-refractivity contribution in [2.24, 2.45) is 0 Å². The monoisotopic (exact) mass is 339 g/mol. The lowest BCUT2D eigenvalue weighted by Gasteiger charge is -2.26. The van der Waals surface area contributed by atoms with E-state index in [-0.39, 0.29) is 22.0 Å². The fraction of sp³-hybridized carbons (Fsp3) is 0.429. The summed E-state index contributed by atoms with van der Waals surface area (Å²) in [6, 6.07) is 3.10. The van der Waals surface area contributed by atoms with Crippen molar-refractivity contribution in [2.75, 3.05) is 26.3 Å². The van der Waals surface area contributed by atoms with Gasteiger partial charge in [0, 0.05) is 13.1 Å². The van der Waals surface area contributed by atoms with Gasteiger partial charge >= 0.3 is 5.91 Å². The van der Waals surface area contributed by atoms with Gasteiger partial charge < -0.3 is 9.15 Å². The Morgan fingerprint density at radius 3 is 2.57 bits per heavy atom. The highest BCUT2D eigenvalue weighted by atomic mass is 32.2. The molecule has 0 bridgehead atoms. The van der Waals surface area contributed by atoms with Crippen LogP contribution in [0.4, 0.5) is 0 Å². The Morgan fingerprint density at radius 1 is 1.26 bits per heavy atom. The van der Waals surface area contributed by atoms with Crippen LogP contribution in [0.1, 0.15) is 21.9 Å². The molecule has 0 aliphatic carbocycles. The van der Waals surface area contributed by atoms with Gasteiger partial charge in [0.15, 0.2) is 5.76 Å². The number of carbonyl (C=O) groups is 1. The Labute approximate surface area is 133 Å². The molecule has 0 amide bonds. The molecule has 1 saturated heterocycles. The largest absolute Gasteiger partial charge is 0.459 e. The lowest BCUT2D eigenvalue weighted by molar-refractivity contribution is 0.0730. The Bertz CT molecular complexity index is 817. The summed E-state index contributed by atoms with van der Waals surface area (Å²) in [7, 11) is -3.72. The molecule has 2 aromatic rings. The Hall–Kier alpha value is -1.97. The van der Waals surface area contributed by atoms with Crippen molar-refractivity contribution < 1.29 is 22.4 Å². The van der Waals surface area contributed by atoms with Crippen LogP contribution in [0.25, 0.3) is 0 Å². The number of sulfonamides is 1. The molecule has 0 spiro atoms. The fourth-order valence-electron chi connectivity index (χ4n) is 2.62. The van der Waals surface area contributed by atoms with Crippen molar-refractivity contribution >= 4 is 15.9 Å². The van der Waals surface area contributed by atoms with Gasteiger partial charge in [-0.25, -0.2) is 8.42 Å². The second kappa shape index (κ2) is 5.91. The van der Waals surface area contributed by atoms with Gasteiger partial charge in [-0.2, -0.15) is 14.1 Å². The van der Waals surface area contributed by atoms with Crippen molar-refractivity contribution in [3.63, 3.8) is 0 Å². The zero-order valence-electron chi connectivity index (χ0n) is 12.9. The molecule has 0 unspecified atom stereocenters. The summed E-state index contributed by atoms with van der Waals surface area (Å²) >= 11 is 0. The Balaban J connectivity index is 2.02. The van der Waals surface area contributed by atoms with E-state index in [1.54, 1.807) is 19.9 Å². The SMILES string of the molecule is Cc1nn(C(=O)c2ccco2)c(C)c1S(=O)(=O)N1CCOCC1. The van der Waals surface area contributed by atoms with Crippen LogP contribution in [-0.2, 0) is 14.8 Å². The molecule has 3 rings (SSSR count). The number of furan rings is 1. The Kier molecular flexibility index (Phi) is 4.09. The molecule has 0 radical (unpaired) electrons. The summed E-state index contributed by atoms with van der Waals surface area (Å²) in [5, 5.41) is 4.10. The predicted molar refractivity (Wildman–Crippen MR) is 79.7 cm³/mol. The van der Waals surface area contributed by atoms with Gasteiger partial charge in [-0.05, 0) is 26.0 Å². The number of hydrogen-bond acceptors (Lipinski definition) is 6. The minimum absolute atomic E-state index is 0.0688. The van der Waals surface area contributed by atoms with Crippen LogP contribution in [0, 0.1) is 13.8 Å². The normalized spacial score (nSPS) is 16.6. The van der Waals surface area contributed by atoms with Gasteiger partial charge in [-0.15, -0.1) is 0 Å². The van der Waals surface area contributed by atoms with Crippen LogP contribution >= 0.6 is 0 Å². The first-order valence-electron chi connectivity index (χ1n) is 7.15. The van der Waals surface area contributed by atoms with Crippen molar-refractivity contribution in [3.8, 4) is 0 Å². The minimum atomic E-state index is -3.72. The maximum atomic E-state index is 12.8. The lowest BCUT2D eigenvalue weighted by atomic mass is 10.4. The summed E-state index contributed by atoms with van der Waals surface area (Å²) in [5.41, 5.74) is 0.560. The average molecular weight is 339 g/mol. The minimum Gasteiger partial charge on any atom is -0.459 e. The van der Waals surface area contributed by atoms with Crippen molar-refractivity contribution in [1.82, 2.24) is 14.1 Å². The van der Waals surface area contributed by atoms with Crippen LogP contribution in [0.5, 0.6) is 0 Å². The number of ether oxygens (including phenoxy) is 1. The molecule has 3 heterocycles. The third-order valence-electron chi connectivity index (χ3n) is 3.72. The fourth-order valence-corrected chi connectivity index (χ4v) is 4.38. The van der Waals surface area contributed by atoms with E-state index in [2.05, 4.69) is 5.10 Å². The molecule has 23 heavy (non-hydrogen) atoms. The molecule has 1 aliphatic rings. The zero-order chi connectivity index (χ0) is 16.6. The Morgan fingerprint density at radius 2 is 1.96 bits per heavy atom. The van der Waals surface area contributed by atoms with Crippen LogP contribution < -0.4 is 0 Å². The topological polar surface area (TPSA) is 94.6 Å². The molecule has 0 aromatic carbocycles. The van der Waals surface area contributed by atoms with E-state index in [0.717, 1.165) is 4.68 Å². The van der Waals surface area contributed by atoms with E-state index in [1.807, 2.05) is 0 Å². The van der Waals surface area contributed by atoms with Crippen LogP contribution in [0.2, 0.25) is 0 Å². The molecular weight excluding hydrogens is 322 g/mol. The maximum absolute atomic E-state index is 12.8. The number of hydrogen-bond donors (Lipinski definition) is 0. The molecule has 1 fully saturated rings. The average Bonchev–Trinajstić information content (AvgIpc) is 3.16. The standard InChI is InChI=1S/C14H17N3O5S/c1-10-13(23(19,20)16-5-8-21-9-6-16)11(2)17(15-10)14(18)12-4-3-7-22-12/h3-4,7H,5-6,8-9H2,1-2H3. The highest BCUT2D eigenvalue weighted by Crippen LogP contribution is 2.24. The van der Waals surface area contributed by atoms with E-state index in [9.17, 15) is 13.2 Å². The quantitative estimate of drug-likeness (QED) is 0.821. The zero-order valence-corrected chi connectivity index (χ0v) is 13.7. The maximum Gasteiger partial charge on any atom is 0.314 e. The molecule has 124 valence electrons.